The second-order valence-electron chi connectivity index (χ2n) is 5.69. The zero-order chi connectivity index (χ0) is 20.5. The summed E-state index contributed by atoms with van der Waals surface area (Å²) in [7, 11) is 1.45. The van der Waals surface area contributed by atoms with Gasteiger partial charge in [-0.05, 0) is 35.9 Å². The molecule has 0 heterocycles. The number of carboxylic acid groups (broad SMARTS) is 1. The highest BCUT2D eigenvalue weighted by atomic mass is 16.5. The molecule has 0 aliphatic carbocycles. The van der Waals surface area contributed by atoms with Crippen molar-refractivity contribution in [3.8, 4) is 11.5 Å². The van der Waals surface area contributed by atoms with Crippen LogP contribution in [0.5, 0.6) is 11.5 Å². The van der Waals surface area contributed by atoms with Crippen molar-refractivity contribution in [2.24, 2.45) is 16.5 Å². The number of para-hydroxylation sites is 2. The molecular weight excluding hydrogens is 362 g/mol. The van der Waals surface area contributed by atoms with E-state index in [1.54, 1.807) is 48.5 Å². The number of aliphatic carboxylic acids is 1. The van der Waals surface area contributed by atoms with Crippen molar-refractivity contribution in [1.82, 2.24) is 0 Å². The quantitative estimate of drug-likeness (QED) is 0.259. The smallest absolute Gasteiger partial charge is 0.349 e. The number of carboxylic acids is 1. The van der Waals surface area contributed by atoms with Gasteiger partial charge in [0.1, 0.15) is 0 Å². The third kappa shape index (κ3) is 5.87. The van der Waals surface area contributed by atoms with Crippen LogP contribution in [-0.2, 0) is 11.3 Å². The predicted molar refractivity (Wildman–Crippen MR) is 104 cm³/mol. The fourth-order valence-corrected chi connectivity index (χ4v) is 2.30. The standard InChI is InChI=1S/C20H21N3O5/c1-27-16-7-2-3-8-17(16)28-18(19(25)26)10-9-15(24)14-6-4-5-13(11-14)12-23-20(21)22/h2-11,18H,12H2,1H3,(H,25,26)(H4,21,22,23). The lowest BCUT2D eigenvalue weighted by atomic mass is 10.1. The number of hydrogen-bond donors (Lipinski definition) is 3. The van der Waals surface area contributed by atoms with Gasteiger partial charge in [-0.1, -0.05) is 30.3 Å². The van der Waals surface area contributed by atoms with Crippen molar-refractivity contribution in [2.75, 3.05) is 7.11 Å². The lowest BCUT2D eigenvalue weighted by Crippen LogP contribution is -2.25. The lowest BCUT2D eigenvalue weighted by Gasteiger charge is -2.14. The largest absolute Gasteiger partial charge is 0.493 e. The highest BCUT2D eigenvalue weighted by molar-refractivity contribution is 6.05. The summed E-state index contributed by atoms with van der Waals surface area (Å²) in [6.07, 6.45) is 0.985. The molecule has 5 N–H and O–H groups in total. The molecule has 0 bridgehead atoms. The van der Waals surface area contributed by atoms with Gasteiger partial charge >= 0.3 is 5.97 Å². The highest BCUT2D eigenvalue weighted by Gasteiger charge is 2.18. The van der Waals surface area contributed by atoms with Crippen LogP contribution < -0.4 is 20.9 Å². The Morgan fingerprint density at radius 3 is 2.50 bits per heavy atom. The summed E-state index contributed by atoms with van der Waals surface area (Å²) >= 11 is 0. The average molecular weight is 383 g/mol. The topological polar surface area (TPSA) is 137 Å². The Morgan fingerprint density at radius 1 is 1.14 bits per heavy atom. The van der Waals surface area contributed by atoms with Gasteiger partial charge in [-0.2, -0.15) is 0 Å². The molecule has 0 aliphatic rings. The van der Waals surface area contributed by atoms with Crippen LogP contribution in [-0.4, -0.2) is 36.0 Å². The molecule has 0 saturated carbocycles. The second kappa shape index (κ2) is 9.77. The van der Waals surface area contributed by atoms with E-state index in [1.165, 1.54) is 13.2 Å². The first-order valence-electron chi connectivity index (χ1n) is 8.30. The molecule has 1 unspecified atom stereocenters. The van der Waals surface area contributed by atoms with Crippen LogP contribution in [0.1, 0.15) is 15.9 Å². The van der Waals surface area contributed by atoms with Gasteiger partial charge in [0, 0.05) is 5.56 Å². The normalized spacial score (nSPS) is 11.6. The van der Waals surface area contributed by atoms with Crippen LogP contribution in [0.15, 0.2) is 65.7 Å². The Morgan fingerprint density at radius 2 is 1.86 bits per heavy atom. The minimum Gasteiger partial charge on any atom is -0.493 e. The fraction of sp³-hybridized carbons (Fsp3) is 0.150. The number of methoxy groups -OCH3 is 1. The maximum Gasteiger partial charge on any atom is 0.349 e. The van der Waals surface area contributed by atoms with E-state index in [-0.39, 0.29) is 24.0 Å². The minimum absolute atomic E-state index is 0.0468. The number of allylic oxidation sites excluding steroid dienone is 1. The molecule has 1 atom stereocenters. The first-order chi connectivity index (χ1) is 13.4. The zero-order valence-corrected chi connectivity index (χ0v) is 15.2. The third-order valence-electron chi connectivity index (χ3n) is 3.64. The molecule has 2 aromatic carbocycles. The van der Waals surface area contributed by atoms with Gasteiger partial charge in [0.15, 0.2) is 23.2 Å². The number of ketones is 1. The number of benzene rings is 2. The zero-order valence-electron chi connectivity index (χ0n) is 15.2. The van der Waals surface area contributed by atoms with E-state index in [0.29, 0.717) is 11.3 Å². The van der Waals surface area contributed by atoms with Gasteiger partial charge in [-0.25, -0.2) is 9.79 Å². The number of nitrogens with zero attached hydrogens (tertiary/aromatic N) is 1. The van der Waals surface area contributed by atoms with Gasteiger partial charge in [0.05, 0.1) is 13.7 Å². The number of nitrogens with two attached hydrogens (primary N) is 2. The minimum atomic E-state index is -1.36. The third-order valence-corrected chi connectivity index (χ3v) is 3.64. The van der Waals surface area contributed by atoms with Crippen LogP contribution >= 0.6 is 0 Å². The van der Waals surface area contributed by atoms with Gasteiger partial charge in [0.2, 0.25) is 6.10 Å². The van der Waals surface area contributed by atoms with Crippen molar-refractivity contribution < 1.29 is 24.2 Å². The van der Waals surface area contributed by atoms with Crippen molar-refractivity contribution in [2.45, 2.75) is 12.6 Å². The summed E-state index contributed by atoms with van der Waals surface area (Å²) in [5, 5.41) is 9.38. The Hall–Kier alpha value is -3.81. The van der Waals surface area contributed by atoms with Crippen LogP contribution in [0.3, 0.4) is 0 Å². The molecule has 28 heavy (non-hydrogen) atoms. The number of guanidine groups is 1. The highest BCUT2D eigenvalue weighted by Crippen LogP contribution is 2.27. The molecule has 0 aliphatic heterocycles. The van der Waals surface area contributed by atoms with Gasteiger partial charge in [0.25, 0.3) is 0 Å². The molecule has 0 spiro atoms. The molecule has 0 amide bonds. The Bertz CT molecular complexity index is 904. The van der Waals surface area contributed by atoms with E-state index >= 15 is 0 Å². The lowest BCUT2D eigenvalue weighted by molar-refractivity contribution is -0.142. The summed E-state index contributed by atoms with van der Waals surface area (Å²) in [6.45, 7) is 0.238. The van der Waals surface area contributed by atoms with Crippen LogP contribution in [0, 0.1) is 0 Å². The van der Waals surface area contributed by atoms with E-state index in [2.05, 4.69) is 4.99 Å². The molecule has 0 aromatic heterocycles. The summed E-state index contributed by atoms with van der Waals surface area (Å²) in [4.78, 5) is 27.8. The van der Waals surface area contributed by atoms with E-state index in [0.717, 1.165) is 11.6 Å². The Balaban J connectivity index is 2.14. The van der Waals surface area contributed by atoms with Gasteiger partial charge < -0.3 is 26.0 Å². The van der Waals surface area contributed by atoms with Gasteiger partial charge in [-0.3, -0.25) is 4.79 Å². The SMILES string of the molecule is COc1ccccc1OC(C=CC(=O)c1cccc(CN=C(N)N)c1)C(=O)O. The van der Waals surface area contributed by atoms with Crippen LogP contribution in [0.4, 0.5) is 0 Å². The number of ether oxygens (including phenoxy) is 2. The molecular formula is C20H21N3O5. The first-order valence-corrected chi connectivity index (χ1v) is 8.30. The number of carbonyl (C=O) groups is 2. The maximum atomic E-state index is 12.4. The average Bonchev–Trinajstić information content (AvgIpc) is 2.69. The molecule has 8 nitrogen and oxygen atoms in total. The number of carbonyl (C=O) groups excluding carboxylic acids is 1. The van der Waals surface area contributed by atoms with E-state index < -0.39 is 12.1 Å². The monoisotopic (exact) mass is 383 g/mol. The molecule has 8 heteroatoms. The summed E-state index contributed by atoms with van der Waals surface area (Å²) in [5.74, 6) is -1.01. The molecule has 2 aromatic rings. The predicted octanol–water partition coefficient (Wildman–Crippen LogP) is 1.74. The summed E-state index contributed by atoms with van der Waals surface area (Å²) < 4.78 is 10.6. The summed E-state index contributed by atoms with van der Waals surface area (Å²) in [6, 6.07) is 13.4. The van der Waals surface area contributed by atoms with Crippen molar-refractivity contribution >= 4 is 17.7 Å². The first kappa shape index (κ1) is 20.5. The molecule has 0 fully saturated rings. The van der Waals surface area contributed by atoms with Crippen molar-refractivity contribution in [3.05, 3.63) is 71.8 Å². The number of hydrogen-bond acceptors (Lipinski definition) is 5. The van der Waals surface area contributed by atoms with Gasteiger partial charge in [-0.15, -0.1) is 0 Å². The summed E-state index contributed by atoms with van der Waals surface area (Å²) in [5.41, 5.74) is 11.7. The Labute approximate surface area is 162 Å². The number of aliphatic imine (C=N–C) groups is 1. The van der Waals surface area contributed by atoms with Crippen molar-refractivity contribution in [3.63, 3.8) is 0 Å². The van der Waals surface area contributed by atoms with E-state index in [4.69, 9.17) is 20.9 Å². The fourth-order valence-electron chi connectivity index (χ4n) is 2.30. The Kier molecular flexibility index (Phi) is 7.15. The molecule has 0 radical (unpaired) electrons. The molecule has 2 rings (SSSR count). The maximum absolute atomic E-state index is 12.4. The van der Waals surface area contributed by atoms with Crippen LogP contribution in [0.2, 0.25) is 0 Å². The molecule has 0 saturated heterocycles. The van der Waals surface area contributed by atoms with E-state index in [9.17, 15) is 14.7 Å². The second-order valence-corrected chi connectivity index (χ2v) is 5.69. The molecule has 146 valence electrons. The number of rotatable bonds is 9. The van der Waals surface area contributed by atoms with Crippen LogP contribution in [0.25, 0.3) is 0 Å². The van der Waals surface area contributed by atoms with Crippen molar-refractivity contribution in [1.29, 1.82) is 0 Å². The van der Waals surface area contributed by atoms with E-state index in [1.807, 2.05) is 0 Å².